The average molecular weight is 304 g/mol. The number of hydrogen-bond donors (Lipinski definition) is 1. The predicted molar refractivity (Wildman–Crippen MR) is 71.9 cm³/mol. The third kappa shape index (κ3) is 3.45. The van der Waals surface area contributed by atoms with Crippen LogP contribution >= 0.6 is 27.5 Å². The van der Waals surface area contributed by atoms with Crippen LogP contribution in [0.5, 0.6) is 0 Å². The van der Waals surface area contributed by atoms with E-state index in [1.165, 1.54) is 12.0 Å². The molecule has 2 nitrogen and oxygen atoms in total. The lowest BCUT2D eigenvalue weighted by Gasteiger charge is -2.20. The van der Waals surface area contributed by atoms with Crippen LogP contribution in [0.1, 0.15) is 12.0 Å². The lowest BCUT2D eigenvalue weighted by atomic mass is 10.2. The highest BCUT2D eigenvalue weighted by atomic mass is 79.9. The molecule has 88 valence electrons. The Bertz CT molecular complexity index is 349. The third-order valence-electron chi connectivity index (χ3n) is 2.83. The van der Waals surface area contributed by atoms with E-state index in [0.717, 1.165) is 42.2 Å². The number of halogens is 2. The van der Waals surface area contributed by atoms with Crippen molar-refractivity contribution in [3.63, 3.8) is 0 Å². The Labute approximate surface area is 110 Å². The first-order valence-corrected chi connectivity index (χ1v) is 6.80. The fourth-order valence-electron chi connectivity index (χ4n) is 1.97. The van der Waals surface area contributed by atoms with E-state index in [9.17, 15) is 0 Å². The monoisotopic (exact) mass is 302 g/mol. The maximum Gasteiger partial charge on any atom is 0.0410 e. The Morgan fingerprint density at radius 2 is 2.19 bits per heavy atom. The third-order valence-corrected chi connectivity index (χ3v) is 3.84. The SMILES string of the molecule is Clc1ccc(Br)c(CN2CCCNCC2)c1. The molecule has 16 heavy (non-hydrogen) atoms. The fraction of sp³-hybridized carbons (Fsp3) is 0.500. The lowest BCUT2D eigenvalue weighted by molar-refractivity contribution is 0.284. The van der Waals surface area contributed by atoms with Crippen LogP contribution in [0.15, 0.2) is 22.7 Å². The zero-order chi connectivity index (χ0) is 11.4. The molecule has 4 heteroatoms. The van der Waals surface area contributed by atoms with Gasteiger partial charge in [-0.2, -0.15) is 0 Å². The molecular weight excluding hydrogens is 288 g/mol. The number of nitrogens with zero attached hydrogens (tertiary/aromatic N) is 1. The summed E-state index contributed by atoms with van der Waals surface area (Å²) in [6.07, 6.45) is 1.22. The van der Waals surface area contributed by atoms with Gasteiger partial charge in [0.15, 0.2) is 0 Å². The molecule has 0 unspecified atom stereocenters. The minimum absolute atomic E-state index is 0.811. The van der Waals surface area contributed by atoms with E-state index in [1.807, 2.05) is 18.2 Å². The van der Waals surface area contributed by atoms with Crippen LogP contribution < -0.4 is 5.32 Å². The van der Waals surface area contributed by atoms with Gasteiger partial charge in [0, 0.05) is 29.1 Å². The van der Waals surface area contributed by atoms with Crippen molar-refractivity contribution in [2.45, 2.75) is 13.0 Å². The molecule has 0 saturated carbocycles. The molecule has 0 aliphatic carbocycles. The second kappa shape index (κ2) is 6.01. The average Bonchev–Trinajstić information content (AvgIpc) is 2.52. The van der Waals surface area contributed by atoms with Crippen molar-refractivity contribution < 1.29 is 0 Å². The first-order chi connectivity index (χ1) is 7.75. The van der Waals surface area contributed by atoms with Gasteiger partial charge >= 0.3 is 0 Å². The largest absolute Gasteiger partial charge is 0.315 e. The first kappa shape index (κ1) is 12.4. The van der Waals surface area contributed by atoms with Gasteiger partial charge in [-0.05, 0) is 43.3 Å². The van der Waals surface area contributed by atoms with Crippen LogP contribution in [0.2, 0.25) is 5.02 Å². The summed E-state index contributed by atoms with van der Waals surface area (Å²) in [5.41, 5.74) is 1.27. The molecule has 0 spiro atoms. The highest BCUT2D eigenvalue weighted by molar-refractivity contribution is 9.10. The molecule has 1 fully saturated rings. The molecule has 1 aliphatic rings. The zero-order valence-electron chi connectivity index (χ0n) is 9.18. The summed E-state index contributed by atoms with van der Waals surface area (Å²) < 4.78 is 1.15. The van der Waals surface area contributed by atoms with Gasteiger partial charge in [0.25, 0.3) is 0 Å². The van der Waals surface area contributed by atoms with Gasteiger partial charge in [-0.15, -0.1) is 0 Å². The summed E-state index contributed by atoms with van der Waals surface area (Å²) in [6.45, 7) is 5.46. The number of hydrogen-bond acceptors (Lipinski definition) is 2. The number of nitrogens with one attached hydrogen (secondary N) is 1. The van der Waals surface area contributed by atoms with Crippen molar-refractivity contribution in [1.82, 2.24) is 10.2 Å². The van der Waals surface area contributed by atoms with E-state index >= 15 is 0 Å². The summed E-state index contributed by atoms with van der Waals surface area (Å²) in [5, 5.41) is 4.22. The summed E-state index contributed by atoms with van der Waals surface area (Å²) in [4.78, 5) is 2.47. The number of rotatable bonds is 2. The minimum Gasteiger partial charge on any atom is -0.315 e. The van der Waals surface area contributed by atoms with Crippen LogP contribution in [0, 0.1) is 0 Å². The minimum atomic E-state index is 0.811. The van der Waals surface area contributed by atoms with Crippen molar-refractivity contribution in [3.8, 4) is 0 Å². The second-order valence-electron chi connectivity index (χ2n) is 4.12. The van der Waals surface area contributed by atoms with Gasteiger partial charge in [0.2, 0.25) is 0 Å². The van der Waals surface area contributed by atoms with E-state index in [1.54, 1.807) is 0 Å². The van der Waals surface area contributed by atoms with Crippen molar-refractivity contribution >= 4 is 27.5 Å². The molecule has 1 aromatic carbocycles. The van der Waals surface area contributed by atoms with E-state index < -0.39 is 0 Å². The van der Waals surface area contributed by atoms with E-state index in [2.05, 4.69) is 26.1 Å². The molecular formula is C12H16BrClN2. The van der Waals surface area contributed by atoms with Crippen molar-refractivity contribution in [2.75, 3.05) is 26.2 Å². The molecule has 0 atom stereocenters. The molecule has 0 radical (unpaired) electrons. The quantitative estimate of drug-likeness (QED) is 0.904. The first-order valence-electron chi connectivity index (χ1n) is 5.63. The van der Waals surface area contributed by atoms with Crippen molar-refractivity contribution in [2.24, 2.45) is 0 Å². The van der Waals surface area contributed by atoms with Crippen LogP contribution in [0.4, 0.5) is 0 Å². The Hall–Kier alpha value is -0.0900. The van der Waals surface area contributed by atoms with Gasteiger partial charge in [0.05, 0.1) is 0 Å². The Balaban J connectivity index is 2.04. The normalized spacial score (nSPS) is 18.4. The standard InChI is InChI=1S/C12H16BrClN2/c13-12-3-2-11(14)8-10(12)9-16-6-1-4-15-5-7-16/h2-3,8,15H,1,4-7,9H2. The van der Waals surface area contributed by atoms with Crippen LogP contribution in [0.25, 0.3) is 0 Å². The maximum atomic E-state index is 6.02. The molecule has 2 rings (SSSR count). The second-order valence-corrected chi connectivity index (χ2v) is 5.41. The van der Waals surface area contributed by atoms with Gasteiger partial charge in [-0.3, -0.25) is 4.90 Å². The summed E-state index contributed by atoms with van der Waals surface area (Å²) in [7, 11) is 0. The van der Waals surface area contributed by atoms with Gasteiger partial charge in [-0.25, -0.2) is 0 Å². The maximum absolute atomic E-state index is 6.02. The Morgan fingerprint density at radius 1 is 1.31 bits per heavy atom. The highest BCUT2D eigenvalue weighted by Crippen LogP contribution is 2.22. The summed E-state index contributed by atoms with van der Waals surface area (Å²) >= 11 is 9.59. The highest BCUT2D eigenvalue weighted by Gasteiger charge is 2.10. The smallest absolute Gasteiger partial charge is 0.0410 e. The molecule has 0 aromatic heterocycles. The predicted octanol–water partition coefficient (Wildman–Crippen LogP) is 2.90. The van der Waals surface area contributed by atoms with E-state index in [0.29, 0.717) is 0 Å². The van der Waals surface area contributed by atoms with Crippen molar-refractivity contribution in [1.29, 1.82) is 0 Å². The van der Waals surface area contributed by atoms with Gasteiger partial charge < -0.3 is 5.32 Å². The molecule has 1 saturated heterocycles. The molecule has 0 bridgehead atoms. The van der Waals surface area contributed by atoms with Crippen LogP contribution in [-0.4, -0.2) is 31.1 Å². The topological polar surface area (TPSA) is 15.3 Å². The van der Waals surface area contributed by atoms with E-state index in [4.69, 9.17) is 11.6 Å². The lowest BCUT2D eigenvalue weighted by Crippen LogP contribution is -2.27. The van der Waals surface area contributed by atoms with Gasteiger partial charge in [-0.1, -0.05) is 27.5 Å². The van der Waals surface area contributed by atoms with Crippen LogP contribution in [0.3, 0.4) is 0 Å². The van der Waals surface area contributed by atoms with Crippen molar-refractivity contribution in [3.05, 3.63) is 33.3 Å². The number of benzene rings is 1. The molecule has 1 aromatic rings. The van der Waals surface area contributed by atoms with E-state index in [-0.39, 0.29) is 0 Å². The Kier molecular flexibility index (Phi) is 4.65. The summed E-state index contributed by atoms with van der Waals surface area (Å²) in [5.74, 6) is 0. The zero-order valence-corrected chi connectivity index (χ0v) is 11.5. The van der Waals surface area contributed by atoms with Gasteiger partial charge in [0.1, 0.15) is 0 Å². The fourth-order valence-corrected chi connectivity index (χ4v) is 2.53. The van der Waals surface area contributed by atoms with Crippen LogP contribution in [-0.2, 0) is 6.54 Å². The molecule has 1 heterocycles. The molecule has 1 N–H and O–H groups in total. The molecule has 1 aliphatic heterocycles. The Morgan fingerprint density at radius 3 is 3.06 bits per heavy atom. The molecule has 0 amide bonds. The summed E-state index contributed by atoms with van der Waals surface area (Å²) in [6, 6.07) is 5.98.